The largest absolute Gasteiger partial charge is 0.761 e. The van der Waals surface area contributed by atoms with Crippen molar-refractivity contribution >= 4 is 20.0 Å². The third-order valence-corrected chi connectivity index (χ3v) is 2.76. The number of hydrogen-bond acceptors (Lipinski definition) is 1. The Bertz CT molecular complexity index is 37.3. The second-order valence-corrected chi connectivity index (χ2v) is 4.67. The maximum absolute atomic E-state index is 4.82. The molecule has 0 nitrogen and oxygen atoms in total. The molecule has 0 radical (unpaired) electrons. The van der Waals surface area contributed by atoms with E-state index in [2.05, 4.69) is 20.8 Å². The van der Waals surface area contributed by atoms with Crippen LogP contribution in [0, 0.1) is 0 Å². The van der Waals surface area contributed by atoms with Crippen molar-refractivity contribution in [2.45, 2.75) is 25.9 Å². The van der Waals surface area contributed by atoms with E-state index in [1.54, 1.807) is 0 Å². The predicted octanol–water partition coefficient (Wildman–Crippen LogP) is 1.93. The molecule has 0 aromatic rings. The van der Waals surface area contributed by atoms with E-state index in [9.17, 15) is 0 Å². The molecule has 0 aliphatic rings. The van der Waals surface area contributed by atoms with Crippen molar-refractivity contribution in [2.75, 3.05) is 0 Å². The van der Waals surface area contributed by atoms with Crippen molar-refractivity contribution in [2.24, 2.45) is 0 Å². The Kier molecular flexibility index (Phi) is 2.47. The fraction of sp³-hybridized carbons (Fsp3) is 1.00. The first-order valence-electron chi connectivity index (χ1n) is 1.95. The van der Waals surface area contributed by atoms with E-state index in [1.807, 2.05) is 0 Å². The van der Waals surface area contributed by atoms with E-state index in [4.69, 9.17) is 12.2 Å². The van der Waals surface area contributed by atoms with E-state index < -0.39 is 0 Å². The second kappa shape index (κ2) is 2.18. The summed E-state index contributed by atoms with van der Waals surface area (Å²) in [6.45, 7) is 6.45. The molecular formula is C4H10PS-. The average molecular weight is 121 g/mol. The molecule has 0 heterocycles. The third kappa shape index (κ3) is 4.78. The smallest absolute Gasteiger partial charge is 0.0430 e. The maximum Gasteiger partial charge on any atom is -0.0430 e. The summed E-state index contributed by atoms with van der Waals surface area (Å²) in [5, 5.41) is 0.384. The van der Waals surface area contributed by atoms with Gasteiger partial charge in [-0.2, -0.15) is 0 Å². The summed E-state index contributed by atoms with van der Waals surface area (Å²) in [6.07, 6.45) is 0. The van der Waals surface area contributed by atoms with Crippen LogP contribution in [0.25, 0.3) is 0 Å². The van der Waals surface area contributed by atoms with Gasteiger partial charge in [0, 0.05) is 0 Å². The van der Waals surface area contributed by atoms with Gasteiger partial charge in [-0.15, -0.1) is 0 Å². The molecule has 0 rings (SSSR count). The summed E-state index contributed by atoms with van der Waals surface area (Å²) < 4.78 is 0. The lowest BCUT2D eigenvalue weighted by Crippen LogP contribution is -2.01. The molecular weight excluding hydrogens is 111 g/mol. The molecule has 0 saturated heterocycles. The zero-order chi connectivity index (χ0) is 5.21. The van der Waals surface area contributed by atoms with Crippen molar-refractivity contribution in [1.29, 1.82) is 0 Å². The van der Waals surface area contributed by atoms with Gasteiger partial charge in [-0.3, -0.25) is 7.78 Å². The fourth-order valence-corrected chi connectivity index (χ4v) is 0. The van der Waals surface area contributed by atoms with Crippen LogP contribution in [0.4, 0.5) is 0 Å². The summed E-state index contributed by atoms with van der Waals surface area (Å²) >= 11 is 4.82. The number of rotatable bonds is 0. The van der Waals surface area contributed by atoms with Crippen molar-refractivity contribution in [3.8, 4) is 0 Å². The average Bonchev–Trinajstić information content (AvgIpc) is 1.35. The van der Waals surface area contributed by atoms with Crippen LogP contribution in [-0.2, 0) is 12.2 Å². The van der Waals surface area contributed by atoms with Crippen LogP contribution in [0.3, 0.4) is 0 Å². The lowest BCUT2D eigenvalue weighted by atomic mass is 10.3. The van der Waals surface area contributed by atoms with Crippen molar-refractivity contribution in [3.63, 3.8) is 0 Å². The topological polar surface area (TPSA) is 0 Å². The molecule has 0 aliphatic carbocycles. The monoisotopic (exact) mass is 121 g/mol. The molecule has 0 spiro atoms. The highest BCUT2D eigenvalue weighted by Gasteiger charge is 1.97. The molecule has 1 atom stereocenters. The molecule has 0 aromatic carbocycles. The van der Waals surface area contributed by atoms with Gasteiger partial charge >= 0.3 is 0 Å². The van der Waals surface area contributed by atoms with Crippen molar-refractivity contribution < 1.29 is 0 Å². The van der Waals surface area contributed by atoms with Gasteiger partial charge in [-0.25, -0.2) is 0 Å². The molecule has 6 heavy (non-hydrogen) atoms. The Morgan fingerprint density at radius 1 is 1.33 bits per heavy atom. The minimum atomic E-state index is 0.384. The highest BCUT2D eigenvalue weighted by molar-refractivity contribution is 8.25. The Morgan fingerprint density at radius 2 is 1.50 bits per heavy atom. The van der Waals surface area contributed by atoms with E-state index in [0.717, 1.165) is 0 Å². The zero-order valence-electron chi connectivity index (χ0n) is 4.41. The summed E-state index contributed by atoms with van der Waals surface area (Å²) in [6, 6.07) is 0. The van der Waals surface area contributed by atoms with Crippen LogP contribution in [0.5, 0.6) is 0 Å². The molecule has 0 saturated carbocycles. The van der Waals surface area contributed by atoms with E-state index in [0.29, 0.717) is 12.9 Å². The lowest BCUT2D eigenvalue weighted by Gasteiger charge is -2.22. The Morgan fingerprint density at radius 3 is 1.50 bits per heavy atom. The van der Waals surface area contributed by atoms with Crippen LogP contribution < -0.4 is 0 Å². The van der Waals surface area contributed by atoms with Crippen LogP contribution in [0.2, 0.25) is 0 Å². The Balaban J connectivity index is 3.17. The zero-order valence-corrected chi connectivity index (χ0v) is 6.22. The van der Waals surface area contributed by atoms with Gasteiger partial charge in [-0.1, -0.05) is 20.8 Å². The fourth-order valence-electron chi connectivity index (χ4n) is 0. The quantitative estimate of drug-likeness (QED) is 0.348. The molecule has 0 bridgehead atoms. The summed E-state index contributed by atoms with van der Waals surface area (Å²) in [4.78, 5) is 0. The van der Waals surface area contributed by atoms with Crippen LogP contribution in [-0.4, -0.2) is 5.16 Å². The van der Waals surface area contributed by atoms with Gasteiger partial charge in [0.1, 0.15) is 0 Å². The maximum atomic E-state index is 4.82. The molecule has 0 N–H and O–H groups in total. The summed E-state index contributed by atoms with van der Waals surface area (Å²) in [5.41, 5.74) is 0. The van der Waals surface area contributed by atoms with E-state index >= 15 is 0 Å². The first-order chi connectivity index (χ1) is 2.56. The number of hydrogen-bond donors (Lipinski definition) is 0. The second-order valence-electron chi connectivity index (χ2n) is 2.35. The molecule has 0 aliphatic heterocycles. The van der Waals surface area contributed by atoms with Crippen LogP contribution in [0.1, 0.15) is 20.8 Å². The van der Waals surface area contributed by atoms with Gasteiger partial charge in [0.05, 0.1) is 0 Å². The molecule has 0 amide bonds. The van der Waals surface area contributed by atoms with Gasteiger partial charge in [0.2, 0.25) is 0 Å². The molecule has 38 valence electrons. The third-order valence-electron chi connectivity index (χ3n) is 0.306. The first kappa shape index (κ1) is 6.78. The SMILES string of the molecule is CC(C)(C)P[S-]. The minimum absolute atomic E-state index is 0.384. The minimum Gasteiger partial charge on any atom is -0.761 e. The van der Waals surface area contributed by atoms with Crippen LogP contribution in [0.15, 0.2) is 0 Å². The highest BCUT2D eigenvalue weighted by atomic mass is 32.7. The van der Waals surface area contributed by atoms with Gasteiger partial charge in [-0.05, 0) is 5.16 Å². The molecule has 0 fully saturated rings. The standard InChI is InChI=1S/C4H10PS/c1-4(2,3)5-6/h5H,1-3H3/q-1. The lowest BCUT2D eigenvalue weighted by molar-refractivity contribution is 0.802. The van der Waals surface area contributed by atoms with E-state index in [-0.39, 0.29) is 0 Å². The molecule has 1 unspecified atom stereocenters. The summed E-state index contributed by atoms with van der Waals surface area (Å²) in [7, 11) is 0.650. The van der Waals surface area contributed by atoms with Gasteiger partial charge < -0.3 is 12.2 Å². The van der Waals surface area contributed by atoms with Crippen molar-refractivity contribution in [1.82, 2.24) is 0 Å². The van der Waals surface area contributed by atoms with Crippen molar-refractivity contribution in [3.05, 3.63) is 0 Å². The summed E-state index contributed by atoms with van der Waals surface area (Å²) in [5.74, 6) is 0. The van der Waals surface area contributed by atoms with Gasteiger partial charge in [0.15, 0.2) is 0 Å². The highest BCUT2D eigenvalue weighted by Crippen LogP contribution is 2.26. The molecule has 2 heteroatoms. The normalized spacial score (nSPS) is 14.0. The first-order valence-corrected chi connectivity index (χ1v) is 4.09. The van der Waals surface area contributed by atoms with E-state index in [1.165, 1.54) is 0 Å². The predicted molar refractivity (Wildman–Crippen MR) is 35.4 cm³/mol. The van der Waals surface area contributed by atoms with Gasteiger partial charge in [0.25, 0.3) is 0 Å². The Hall–Kier alpha value is 0.780. The van der Waals surface area contributed by atoms with Crippen LogP contribution >= 0.6 is 7.78 Å². The molecule has 0 aromatic heterocycles. The Labute approximate surface area is 46.7 Å².